The van der Waals surface area contributed by atoms with Crippen LogP contribution in [0.2, 0.25) is 0 Å². The fourth-order valence-electron chi connectivity index (χ4n) is 4.78. The monoisotopic (exact) mass is 633 g/mol. The molecule has 3 atom stereocenters. The third-order valence-electron chi connectivity index (χ3n) is 6.77. The molecule has 1 aromatic heterocycles. The third kappa shape index (κ3) is 7.30. The molecule has 0 radical (unpaired) electrons. The fraction of sp³-hybridized carbons (Fsp3) is 0.433. The van der Waals surface area contributed by atoms with Crippen molar-refractivity contribution >= 4 is 44.6 Å². The number of halogens is 1. The maximum Gasteiger partial charge on any atom is 0.408 e. The van der Waals surface area contributed by atoms with Crippen LogP contribution < -0.4 is 14.9 Å². The quantitative estimate of drug-likeness (QED) is 0.363. The average molecular weight is 634 g/mol. The van der Waals surface area contributed by atoms with E-state index in [1.54, 1.807) is 33.8 Å². The van der Waals surface area contributed by atoms with Crippen LogP contribution in [0.3, 0.4) is 0 Å². The highest BCUT2D eigenvalue weighted by atomic mass is 32.2. The molecule has 2 N–H and O–H groups in total. The van der Waals surface area contributed by atoms with Gasteiger partial charge in [-0.25, -0.2) is 22.4 Å². The zero-order valence-corrected chi connectivity index (χ0v) is 26.3. The number of alkyl carbamates (subject to hydrolysis) is 1. The first kappa shape index (κ1) is 32.7. The van der Waals surface area contributed by atoms with Crippen LogP contribution >= 0.6 is 0 Å². The van der Waals surface area contributed by atoms with Crippen molar-refractivity contribution in [1.29, 1.82) is 0 Å². The van der Waals surface area contributed by atoms with E-state index in [4.69, 9.17) is 18.6 Å². The molecule has 0 saturated heterocycles. The Bertz CT molecular complexity index is 1680. The van der Waals surface area contributed by atoms with Crippen molar-refractivity contribution in [2.75, 3.05) is 30.8 Å². The first-order valence-electron chi connectivity index (χ1n) is 13.9. The molecule has 0 saturated carbocycles. The van der Waals surface area contributed by atoms with Crippen molar-refractivity contribution in [3.63, 3.8) is 0 Å². The van der Waals surface area contributed by atoms with Gasteiger partial charge in [0, 0.05) is 29.6 Å². The van der Waals surface area contributed by atoms with E-state index in [1.807, 2.05) is 0 Å². The Kier molecular flexibility index (Phi) is 9.26. The number of ether oxygens (including phenoxy) is 3. The van der Waals surface area contributed by atoms with Gasteiger partial charge in [0.15, 0.2) is 0 Å². The van der Waals surface area contributed by atoms with Crippen molar-refractivity contribution in [1.82, 2.24) is 10.6 Å². The summed E-state index contributed by atoms with van der Waals surface area (Å²) in [5.41, 5.74) is 0.841. The number of amides is 2. The second-order valence-electron chi connectivity index (χ2n) is 11.5. The van der Waals surface area contributed by atoms with Crippen molar-refractivity contribution < 1.29 is 45.8 Å². The standard InChI is InChI=1S/C30H36FN3O9S/c1-16(33-29(37)43-30(3,4)5)28(36)40-15-20-14-34(44(7,38)39)23-13-24-22(12-21(23)17(2)41-20)25(27(35)32-6)26(42-24)18-8-10-19(31)11-9-18/h8-13,16-17,20H,14-15H2,1-7H3,(H,32,35)(H,33,37)/t16-,17-,20-/m0/s1. The molecule has 14 heteroatoms. The van der Waals surface area contributed by atoms with Gasteiger partial charge in [-0.05, 0) is 65.0 Å². The Hall–Kier alpha value is -4.17. The minimum atomic E-state index is -3.88. The summed E-state index contributed by atoms with van der Waals surface area (Å²) in [7, 11) is -2.42. The van der Waals surface area contributed by atoms with Crippen LogP contribution in [-0.4, -0.2) is 70.6 Å². The van der Waals surface area contributed by atoms with Crippen molar-refractivity contribution in [3.05, 3.63) is 53.3 Å². The Morgan fingerprint density at radius 3 is 2.41 bits per heavy atom. The van der Waals surface area contributed by atoms with Gasteiger partial charge in [-0.15, -0.1) is 0 Å². The minimum Gasteiger partial charge on any atom is -0.461 e. The van der Waals surface area contributed by atoms with Crippen LogP contribution in [0.25, 0.3) is 22.3 Å². The number of hydrogen-bond donors (Lipinski definition) is 2. The molecule has 0 aliphatic carbocycles. The molecule has 0 bridgehead atoms. The van der Waals surface area contributed by atoms with Gasteiger partial charge in [0.1, 0.15) is 41.5 Å². The zero-order valence-electron chi connectivity index (χ0n) is 25.5. The summed E-state index contributed by atoms with van der Waals surface area (Å²) in [6.07, 6.45) is -1.34. The molecular weight excluding hydrogens is 597 g/mol. The summed E-state index contributed by atoms with van der Waals surface area (Å²) in [6.45, 7) is 7.69. The molecule has 12 nitrogen and oxygen atoms in total. The SMILES string of the molecule is CNC(=O)c1c(-c2ccc(F)cc2)oc2cc3c(cc12)[C@H](C)O[C@H](COC(=O)[C@H](C)NC(=O)OC(C)(C)C)CN3S(C)(=O)=O. The first-order valence-corrected chi connectivity index (χ1v) is 15.7. The second-order valence-corrected chi connectivity index (χ2v) is 13.4. The largest absolute Gasteiger partial charge is 0.461 e. The molecular formula is C30H36FN3O9S. The smallest absolute Gasteiger partial charge is 0.408 e. The van der Waals surface area contributed by atoms with Crippen LogP contribution in [-0.2, 0) is 29.0 Å². The lowest BCUT2D eigenvalue weighted by atomic mass is 10.0. The molecule has 2 heterocycles. The summed E-state index contributed by atoms with van der Waals surface area (Å²) >= 11 is 0. The van der Waals surface area contributed by atoms with Gasteiger partial charge in [-0.3, -0.25) is 9.10 Å². The molecule has 2 amide bonds. The van der Waals surface area contributed by atoms with Gasteiger partial charge < -0.3 is 29.3 Å². The molecule has 44 heavy (non-hydrogen) atoms. The summed E-state index contributed by atoms with van der Waals surface area (Å²) in [6, 6.07) is 7.56. The van der Waals surface area contributed by atoms with Crippen LogP contribution in [0.15, 0.2) is 40.8 Å². The fourth-order valence-corrected chi connectivity index (χ4v) is 5.74. The van der Waals surface area contributed by atoms with Crippen LogP contribution in [0.5, 0.6) is 0 Å². The lowest BCUT2D eigenvalue weighted by molar-refractivity contribution is -0.151. The van der Waals surface area contributed by atoms with Gasteiger partial charge in [0.2, 0.25) is 10.0 Å². The van der Waals surface area contributed by atoms with Crippen molar-refractivity contribution in [3.8, 4) is 11.3 Å². The predicted octanol–water partition coefficient (Wildman–Crippen LogP) is 4.28. The highest BCUT2D eigenvalue weighted by Gasteiger charge is 2.35. The number of nitrogens with one attached hydrogen (secondary N) is 2. The van der Waals surface area contributed by atoms with E-state index >= 15 is 0 Å². The zero-order chi connectivity index (χ0) is 32.6. The lowest BCUT2D eigenvalue weighted by Crippen LogP contribution is -2.44. The summed E-state index contributed by atoms with van der Waals surface area (Å²) in [5.74, 6) is -1.48. The van der Waals surface area contributed by atoms with Gasteiger partial charge in [-0.1, -0.05) is 0 Å². The van der Waals surface area contributed by atoms with Crippen LogP contribution in [0.1, 0.15) is 56.6 Å². The molecule has 1 aliphatic rings. The number of nitrogens with zero attached hydrogens (tertiary/aromatic N) is 1. The average Bonchev–Trinajstić information content (AvgIpc) is 3.22. The summed E-state index contributed by atoms with van der Waals surface area (Å²) in [5, 5.41) is 5.39. The number of anilines is 1. The Labute approximate surface area is 254 Å². The second kappa shape index (κ2) is 12.4. The molecule has 4 rings (SSSR count). The lowest BCUT2D eigenvalue weighted by Gasteiger charge is -2.25. The van der Waals surface area contributed by atoms with E-state index in [2.05, 4.69) is 10.6 Å². The number of fused-ring (bicyclic) bond motifs is 2. The Morgan fingerprint density at radius 2 is 1.82 bits per heavy atom. The molecule has 1 aliphatic heterocycles. The number of sulfonamides is 1. The predicted molar refractivity (Wildman–Crippen MR) is 160 cm³/mol. The molecule has 3 aromatic rings. The van der Waals surface area contributed by atoms with E-state index in [-0.39, 0.29) is 35.7 Å². The maximum absolute atomic E-state index is 13.6. The molecule has 238 valence electrons. The van der Waals surface area contributed by atoms with Gasteiger partial charge in [-0.2, -0.15) is 0 Å². The van der Waals surface area contributed by atoms with E-state index in [0.29, 0.717) is 16.5 Å². The molecule has 2 aromatic carbocycles. The number of furan rings is 1. The van der Waals surface area contributed by atoms with Crippen molar-refractivity contribution in [2.24, 2.45) is 0 Å². The first-order chi connectivity index (χ1) is 20.5. The normalized spacial score (nSPS) is 17.8. The highest BCUT2D eigenvalue weighted by molar-refractivity contribution is 7.92. The minimum absolute atomic E-state index is 0.191. The Morgan fingerprint density at radius 1 is 1.16 bits per heavy atom. The van der Waals surface area contributed by atoms with E-state index in [1.165, 1.54) is 44.3 Å². The van der Waals surface area contributed by atoms with Gasteiger partial charge >= 0.3 is 12.1 Å². The van der Waals surface area contributed by atoms with Crippen molar-refractivity contribution in [2.45, 2.75) is 58.5 Å². The number of carbonyl (C=O) groups excluding carboxylic acids is 3. The number of esters is 1. The topological polar surface area (TPSA) is 153 Å². The number of hydrogen-bond acceptors (Lipinski definition) is 9. The molecule has 0 unspecified atom stereocenters. The van der Waals surface area contributed by atoms with Crippen LogP contribution in [0.4, 0.5) is 14.9 Å². The summed E-state index contributed by atoms with van der Waals surface area (Å²) < 4.78 is 63.6. The highest BCUT2D eigenvalue weighted by Crippen LogP contribution is 2.42. The van der Waals surface area contributed by atoms with Gasteiger partial charge in [0.05, 0.1) is 30.2 Å². The maximum atomic E-state index is 13.6. The Balaban J connectivity index is 1.65. The van der Waals surface area contributed by atoms with E-state index in [0.717, 1.165) is 10.6 Å². The summed E-state index contributed by atoms with van der Waals surface area (Å²) in [4.78, 5) is 37.7. The third-order valence-corrected chi connectivity index (χ3v) is 7.92. The van der Waals surface area contributed by atoms with Gasteiger partial charge in [0.25, 0.3) is 5.91 Å². The number of benzene rings is 2. The van der Waals surface area contributed by atoms with E-state index < -0.39 is 57.7 Å². The molecule has 0 fully saturated rings. The van der Waals surface area contributed by atoms with E-state index in [9.17, 15) is 27.2 Å². The number of carbonyl (C=O) groups is 3. The van der Waals surface area contributed by atoms with Crippen LogP contribution in [0, 0.1) is 5.82 Å². The molecule has 0 spiro atoms. The number of rotatable bonds is 7.